The van der Waals surface area contributed by atoms with E-state index in [9.17, 15) is 0 Å². The van der Waals surface area contributed by atoms with Gasteiger partial charge in [-0.15, -0.1) is 0 Å². The maximum absolute atomic E-state index is 5.43. The Kier molecular flexibility index (Phi) is 9.09. The SMILES string of the molecule is COc1nc(C(=S)N(SC)SC)nc(C(=S)N(SC)SC)n1. The van der Waals surface area contributed by atoms with Crippen molar-refractivity contribution in [2.24, 2.45) is 0 Å². The molecule has 0 atom stereocenters. The van der Waals surface area contributed by atoms with Crippen molar-refractivity contribution in [1.82, 2.24) is 22.4 Å². The molecule has 0 N–H and O–H groups in total. The van der Waals surface area contributed by atoms with E-state index in [1.54, 1.807) is 0 Å². The summed E-state index contributed by atoms with van der Waals surface area (Å²) < 4.78 is 8.81. The zero-order valence-corrected chi connectivity index (χ0v) is 17.5. The van der Waals surface area contributed by atoms with Crippen molar-refractivity contribution < 1.29 is 4.74 Å². The highest BCUT2D eigenvalue weighted by Gasteiger charge is 2.20. The molecule has 0 saturated heterocycles. The first-order valence-electron chi connectivity index (χ1n) is 5.67. The van der Waals surface area contributed by atoms with Crippen molar-refractivity contribution in [2.45, 2.75) is 0 Å². The summed E-state index contributed by atoms with van der Waals surface area (Å²) in [5.41, 5.74) is 0. The van der Waals surface area contributed by atoms with Crippen LogP contribution >= 0.6 is 72.2 Å². The van der Waals surface area contributed by atoms with E-state index in [0.29, 0.717) is 21.6 Å². The second-order valence-electron chi connectivity index (χ2n) is 3.32. The number of thiocarbonyl (C=S) groups is 2. The van der Waals surface area contributed by atoms with E-state index in [1.165, 1.54) is 54.9 Å². The number of nitrogens with zero attached hydrogens (tertiary/aromatic N) is 5. The molecule has 6 nitrogen and oxygen atoms in total. The molecular weight excluding hydrogens is 399 g/mol. The predicted octanol–water partition coefficient (Wildman–Crippen LogP) is 2.95. The van der Waals surface area contributed by atoms with Gasteiger partial charge in [0.05, 0.1) is 7.11 Å². The lowest BCUT2D eigenvalue weighted by atomic mass is 10.5. The molecular formula is C10H15N5OS6. The Bertz CT molecular complexity index is 494. The predicted molar refractivity (Wildman–Crippen MR) is 108 cm³/mol. The van der Waals surface area contributed by atoms with Gasteiger partial charge in [-0.1, -0.05) is 24.4 Å². The van der Waals surface area contributed by atoms with Crippen LogP contribution in [0.1, 0.15) is 11.6 Å². The lowest BCUT2D eigenvalue weighted by Crippen LogP contribution is -2.24. The van der Waals surface area contributed by atoms with Crippen LogP contribution in [-0.4, -0.2) is 64.5 Å². The fourth-order valence-electron chi connectivity index (χ4n) is 1.28. The number of hydrogen-bond donors (Lipinski definition) is 0. The minimum atomic E-state index is 0.189. The van der Waals surface area contributed by atoms with Crippen molar-refractivity contribution in [3.8, 4) is 6.01 Å². The summed E-state index contributed by atoms with van der Waals surface area (Å²) in [4.78, 5) is 13.8. The van der Waals surface area contributed by atoms with Gasteiger partial charge in [0.15, 0.2) is 21.6 Å². The zero-order chi connectivity index (χ0) is 16.7. The van der Waals surface area contributed by atoms with Crippen LogP contribution in [0.15, 0.2) is 0 Å². The Balaban J connectivity index is 3.24. The van der Waals surface area contributed by atoms with Crippen LogP contribution in [0.25, 0.3) is 0 Å². The first-order valence-corrected chi connectivity index (χ1v) is 11.2. The first kappa shape index (κ1) is 20.0. The average Bonchev–Trinajstić information content (AvgIpc) is 2.56. The average molecular weight is 414 g/mol. The first-order chi connectivity index (χ1) is 10.5. The molecule has 12 heteroatoms. The van der Waals surface area contributed by atoms with Crippen molar-refractivity contribution in [3.63, 3.8) is 0 Å². The third kappa shape index (κ3) is 4.99. The molecule has 1 heterocycles. The van der Waals surface area contributed by atoms with Gasteiger partial charge in [-0.05, 0) is 47.8 Å². The lowest BCUT2D eigenvalue weighted by molar-refractivity contribution is 0.377. The van der Waals surface area contributed by atoms with E-state index in [-0.39, 0.29) is 6.01 Å². The second kappa shape index (κ2) is 9.98. The Morgan fingerprint density at radius 2 is 1.18 bits per heavy atom. The second-order valence-corrected chi connectivity index (χ2v) is 7.48. The molecule has 0 amide bonds. The van der Waals surface area contributed by atoms with Gasteiger partial charge in [0.2, 0.25) is 0 Å². The molecule has 22 heavy (non-hydrogen) atoms. The topological polar surface area (TPSA) is 54.4 Å². The fourth-order valence-corrected chi connectivity index (χ4v) is 4.54. The van der Waals surface area contributed by atoms with Crippen molar-refractivity contribution >= 4 is 82.2 Å². The molecule has 122 valence electrons. The van der Waals surface area contributed by atoms with Gasteiger partial charge in [0.25, 0.3) is 0 Å². The zero-order valence-electron chi connectivity index (χ0n) is 12.6. The minimum Gasteiger partial charge on any atom is -0.467 e. The maximum Gasteiger partial charge on any atom is 0.320 e. The molecule has 0 bridgehead atoms. The third-order valence-corrected chi connectivity index (χ3v) is 7.21. The van der Waals surface area contributed by atoms with Gasteiger partial charge in [0, 0.05) is 25.0 Å². The van der Waals surface area contributed by atoms with Gasteiger partial charge in [-0.25, -0.2) is 12.4 Å². The highest BCUT2D eigenvalue weighted by molar-refractivity contribution is 8.13. The molecule has 1 aromatic rings. The number of rotatable bonds is 7. The van der Waals surface area contributed by atoms with Crippen LogP contribution in [0.2, 0.25) is 0 Å². The Morgan fingerprint density at radius 3 is 1.45 bits per heavy atom. The van der Waals surface area contributed by atoms with Crippen molar-refractivity contribution in [1.29, 1.82) is 0 Å². The van der Waals surface area contributed by atoms with E-state index in [1.807, 2.05) is 32.4 Å². The van der Waals surface area contributed by atoms with Gasteiger partial charge in [0.1, 0.15) is 0 Å². The van der Waals surface area contributed by atoms with Crippen LogP contribution in [0.3, 0.4) is 0 Å². The fraction of sp³-hybridized carbons (Fsp3) is 0.500. The molecule has 0 aromatic carbocycles. The van der Waals surface area contributed by atoms with E-state index in [2.05, 4.69) is 15.0 Å². The highest BCUT2D eigenvalue weighted by Crippen LogP contribution is 2.23. The Morgan fingerprint density at radius 1 is 0.818 bits per heavy atom. The lowest BCUT2D eigenvalue weighted by Gasteiger charge is -2.19. The normalized spacial score (nSPS) is 10.2. The Labute approximate surface area is 158 Å². The highest BCUT2D eigenvalue weighted by atomic mass is 32.2. The van der Waals surface area contributed by atoms with Gasteiger partial charge in [-0.2, -0.15) is 9.97 Å². The van der Waals surface area contributed by atoms with Crippen LogP contribution < -0.4 is 4.74 Å². The van der Waals surface area contributed by atoms with Crippen LogP contribution in [0.4, 0.5) is 0 Å². The molecule has 1 rings (SSSR count). The molecule has 0 aliphatic carbocycles. The number of methoxy groups -OCH3 is 1. The van der Waals surface area contributed by atoms with Crippen LogP contribution in [0, 0.1) is 0 Å². The molecule has 0 saturated carbocycles. The molecule has 0 fully saturated rings. The van der Waals surface area contributed by atoms with E-state index in [4.69, 9.17) is 29.2 Å². The third-order valence-electron chi connectivity index (χ3n) is 2.17. The van der Waals surface area contributed by atoms with Crippen molar-refractivity contribution in [2.75, 3.05) is 32.1 Å². The molecule has 0 spiro atoms. The monoisotopic (exact) mass is 413 g/mol. The largest absolute Gasteiger partial charge is 0.467 e. The van der Waals surface area contributed by atoms with Crippen LogP contribution in [-0.2, 0) is 0 Å². The summed E-state index contributed by atoms with van der Waals surface area (Å²) in [7, 11) is 1.50. The van der Waals surface area contributed by atoms with E-state index >= 15 is 0 Å². The summed E-state index contributed by atoms with van der Waals surface area (Å²) in [6.45, 7) is 0. The van der Waals surface area contributed by atoms with Gasteiger partial charge < -0.3 is 4.74 Å². The van der Waals surface area contributed by atoms with Gasteiger partial charge in [-0.3, -0.25) is 0 Å². The smallest absolute Gasteiger partial charge is 0.320 e. The molecule has 0 aliphatic rings. The maximum atomic E-state index is 5.43. The van der Waals surface area contributed by atoms with E-state index < -0.39 is 0 Å². The number of hydrogen-bond acceptors (Lipinski definition) is 10. The molecule has 0 unspecified atom stereocenters. The summed E-state index contributed by atoms with van der Waals surface area (Å²) in [6, 6.07) is 0.189. The summed E-state index contributed by atoms with van der Waals surface area (Å²) in [6.07, 6.45) is 7.71. The molecule has 1 aromatic heterocycles. The molecule has 0 aliphatic heterocycles. The number of ether oxygens (including phenoxy) is 1. The summed E-state index contributed by atoms with van der Waals surface area (Å²) in [5, 5.41) is 0. The quantitative estimate of drug-likeness (QED) is 0.488. The van der Waals surface area contributed by atoms with E-state index in [0.717, 1.165) is 0 Å². The molecule has 0 radical (unpaired) electrons. The van der Waals surface area contributed by atoms with Crippen molar-refractivity contribution in [3.05, 3.63) is 11.6 Å². The van der Waals surface area contributed by atoms with Crippen LogP contribution in [0.5, 0.6) is 6.01 Å². The summed E-state index contributed by atoms with van der Waals surface area (Å²) in [5.74, 6) is 0.732. The standard InChI is InChI=1S/C10H15N5OS6/c1-16-10-12-6(8(17)14(19-2)20-3)11-7(13-10)9(18)15(21-4)22-5/h1-5H3. The minimum absolute atomic E-state index is 0.189. The summed E-state index contributed by atoms with van der Waals surface area (Å²) >= 11 is 16.8. The van der Waals surface area contributed by atoms with Gasteiger partial charge >= 0.3 is 6.01 Å². The Hall–Kier alpha value is -0.0100. The number of aromatic nitrogens is 3.